The summed E-state index contributed by atoms with van der Waals surface area (Å²) in [7, 11) is 4.24. The van der Waals surface area contributed by atoms with E-state index in [-0.39, 0.29) is 0 Å². The molecule has 0 aliphatic carbocycles. The van der Waals surface area contributed by atoms with Crippen LogP contribution in [-0.4, -0.2) is 25.5 Å². The number of hydrogen-bond acceptors (Lipinski definition) is 2. The van der Waals surface area contributed by atoms with Crippen LogP contribution in [0.3, 0.4) is 0 Å². The highest BCUT2D eigenvalue weighted by atomic mass is 16.5. The Morgan fingerprint density at radius 3 is 2.38 bits per heavy atom. The Labute approximate surface area is 128 Å². The van der Waals surface area contributed by atoms with Crippen molar-refractivity contribution >= 4 is 0 Å². The van der Waals surface area contributed by atoms with Gasteiger partial charge in [0.15, 0.2) is 0 Å². The molecule has 0 aliphatic heterocycles. The summed E-state index contributed by atoms with van der Waals surface area (Å²) in [5.74, 6) is 1.60. The van der Waals surface area contributed by atoms with E-state index in [1.54, 1.807) is 0 Å². The quantitative estimate of drug-likeness (QED) is 0.761. The topological polar surface area (TPSA) is 12.5 Å². The first kappa shape index (κ1) is 15.6. The van der Waals surface area contributed by atoms with Crippen molar-refractivity contribution in [3.05, 3.63) is 65.7 Å². The standard InChI is InChI=1S/C19H25NO/c1-16(14-20(2)3)12-18-10-7-11-19(13-18)21-15-17-8-5-4-6-9-17/h4-11,13,16H,12,14-15H2,1-3H3/t16-/m1/s1. The Morgan fingerprint density at radius 1 is 0.952 bits per heavy atom. The number of benzene rings is 2. The van der Waals surface area contributed by atoms with Gasteiger partial charge in [-0.3, -0.25) is 0 Å². The van der Waals surface area contributed by atoms with Crippen LogP contribution in [0.2, 0.25) is 0 Å². The smallest absolute Gasteiger partial charge is 0.120 e. The molecule has 2 nitrogen and oxygen atoms in total. The largest absolute Gasteiger partial charge is 0.489 e. The van der Waals surface area contributed by atoms with Crippen molar-refractivity contribution in [2.24, 2.45) is 5.92 Å². The average molecular weight is 283 g/mol. The predicted octanol–water partition coefficient (Wildman–Crippen LogP) is 4.01. The molecule has 0 aliphatic rings. The van der Waals surface area contributed by atoms with Crippen LogP contribution in [0.1, 0.15) is 18.1 Å². The first-order valence-corrected chi connectivity index (χ1v) is 7.54. The molecule has 2 aromatic carbocycles. The molecule has 0 radical (unpaired) electrons. The second-order valence-corrected chi connectivity index (χ2v) is 5.99. The van der Waals surface area contributed by atoms with Gasteiger partial charge in [-0.2, -0.15) is 0 Å². The lowest BCUT2D eigenvalue weighted by molar-refractivity contribution is 0.305. The normalized spacial score (nSPS) is 12.4. The summed E-state index contributed by atoms with van der Waals surface area (Å²) in [6, 6.07) is 18.7. The number of hydrogen-bond donors (Lipinski definition) is 0. The van der Waals surface area contributed by atoms with Crippen molar-refractivity contribution in [2.45, 2.75) is 20.0 Å². The van der Waals surface area contributed by atoms with Crippen LogP contribution < -0.4 is 4.74 Å². The summed E-state index contributed by atoms with van der Waals surface area (Å²) in [4.78, 5) is 2.24. The van der Waals surface area contributed by atoms with E-state index < -0.39 is 0 Å². The van der Waals surface area contributed by atoms with E-state index in [0.717, 1.165) is 18.7 Å². The highest BCUT2D eigenvalue weighted by Crippen LogP contribution is 2.18. The predicted molar refractivity (Wildman–Crippen MR) is 88.6 cm³/mol. The highest BCUT2D eigenvalue weighted by molar-refractivity contribution is 5.29. The average Bonchev–Trinajstić information content (AvgIpc) is 2.46. The fraction of sp³-hybridized carbons (Fsp3) is 0.368. The van der Waals surface area contributed by atoms with Gasteiger partial charge in [-0.1, -0.05) is 49.4 Å². The zero-order chi connectivity index (χ0) is 15.1. The third kappa shape index (κ3) is 5.60. The molecule has 21 heavy (non-hydrogen) atoms. The van der Waals surface area contributed by atoms with Gasteiger partial charge in [0.05, 0.1) is 0 Å². The Bertz CT molecular complexity index is 536. The fourth-order valence-corrected chi connectivity index (χ4v) is 2.59. The molecule has 2 rings (SSSR count). The molecule has 0 saturated heterocycles. The van der Waals surface area contributed by atoms with E-state index >= 15 is 0 Å². The summed E-state index contributed by atoms with van der Waals surface area (Å²) in [6.07, 6.45) is 1.08. The minimum atomic E-state index is 0.623. The molecule has 112 valence electrons. The number of ether oxygens (including phenoxy) is 1. The van der Waals surface area contributed by atoms with Gasteiger partial charge in [0.25, 0.3) is 0 Å². The second kappa shape index (κ2) is 7.84. The van der Waals surface area contributed by atoms with Crippen LogP contribution in [0.4, 0.5) is 0 Å². The minimum Gasteiger partial charge on any atom is -0.489 e. The molecule has 2 heteroatoms. The summed E-state index contributed by atoms with van der Waals surface area (Å²) in [5.41, 5.74) is 2.54. The highest BCUT2D eigenvalue weighted by Gasteiger charge is 2.06. The molecule has 0 saturated carbocycles. The van der Waals surface area contributed by atoms with Crippen LogP contribution in [0.25, 0.3) is 0 Å². The van der Waals surface area contributed by atoms with Gasteiger partial charge in [0, 0.05) is 6.54 Å². The maximum atomic E-state index is 5.88. The van der Waals surface area contributed by atoms with Gasteiger partial charge in [0.2, 0.25) is 0 Å². The third-order valence-corrected chi connectivity index (χ3v) is 3.41. The summed E-state index contributed by atoms with van der Waals surface area (Å²) in [5, 5.41) is 0. The van der Waals surface area contributed by atoms with Gasteiger partial charge in [0.1, 0.15) is 12.4 Å². The third-order valence-electron chi connectivity index (χ3n) is 3.41. The second-order valence-electron chi connectivity index (χ2n) is 5.99. The maximum Gasteiger partial charge on any atom is 0.120 e. The minimum absolute atomic E-state index is 0.623. The van der Waals surface area contributed by atoms with Gasteiger partial charge in [-0.05, 0) is 49.7 Å². The monoisotopic (exact) mass is 283 g/mol. The van der Waals surface area contributed by atoms with E-state index in [0.29, 0.717) is 12.5 Å². The molecular weight excluding hydrogens is 258 g/mol. The molecule has 0 aromatic heterocycles. The molecule has 0 heterocycles. The van der Waals surface area contributed by atoms with Crippen molar-refractivity contribution < 1.29 is 4.74 Å². The van der Waals surface area contributed by atoms with Crippen molar-refractivity contribution in [3.63, 3.8) is 0 Å². The van der Waals surface area contributed by atoms with Gasteiger partial charge in [-0.25, -0.2) is 0 Å². The molecule has 0 amide bonds. The van der Waals surface area contributed by atoms with Gasteiger partial charge in [-0.15, -0.1) is 0 Å². The van der Waals surface area contributed by atoms with E-state index in [9.17, 15) is 0 Å². The van der Waals surface area contributed by atoms with Crippen LogP contribution in [-0.2, 0) is 13.0 Å². The van der Waals surface area contributed by atoms with Crippen LogP contribution in [0.15, 0.2) is 54.6 Å². The maximum absolute atomic E-state index is 5.88. The van der Waals surface area contributed by atoms with E-state index in [2.05, 4.69) is 56.3 Å². The first-order valence-electron chi connectivity index (χ1n) is 7.54. The number of rotatable bonds is 7. The Balaban J connectivity index is 1.91. The molecule has 0 bridgehead atoms. The Kier molecular flexibility index (Phi) is 5.82. The summed E-state index contributed by atoms with van der Waals surface area (Å²) < 4.78 is 5.88. The van der Waals surface area contributed by atoms with E-state index in [1.165, 1.54) is 11.1 Å². The van der Waals surface area contributed by atoms with E-state index in [1.807, 2.05) is 24.3 Å². The molecular formula is C19H25NO. The molecule has 0 unspecified atom stereocenters. The van der Waals surface area contributed by atoms with Crippen molar-refractivity contribution in [1.29, 1.82) is 0 Å². The molecule has 0 N–H and O–H groups in total. The van der Waals surface area contributed by atoms with Crippen LogP contribution >= 0.6 is 0 Å². The van der Waals surface area contributed by atoms with Gasteiger partial charge >= 0.3 is 0 Å². The lowest BCUT2D eigenvalue weighted by Gasteiger charge is -2.17. The SMILES string of the molecule is C[C@H](Cc1cccc(OCc2ccccc2)c1)CN(C)C. The van der Waals surface area contributed by atoms with Crippen molar-refractivity contribution in [1.82, 2.24) is 4.90 Å². The van der Waals surface area contributed by atoms with Crippen LogP contribution in [0.5, 0.6) is 5.75 Å². The molecule has 1 atom stereocenters. The van der Waals surface area contributed by atoms with Crippen molar-refractivity contribution in [3.8, 4) is 5.75 Å². The zero-order valence-electron chi connectivity index (χ0n) is 13.3. The molecule has 0 spiro atoms. The Hall–Kier alpha value is -1.80. The lowest BCUT2D eigenvalue weighted by atomic mass is 10.0. The van der Waals surface area contributed by atoms with Crippen molar-refractivity contribution in [2.75, 3.05) is 20.6 Å². The van der Waals surface area contributed by atoms with E-state index in [4.69, 9.17) is 4.74 Å². The molecule has 2 aromatic rings. The summed E-state index contributed by atoms with van der Waals surface area (Å²) >= 11 is 0. The zero-order valence-corrected chi connectivity index (χ0v) is 13.3. The van der Waals surface area contributed by atoms with Crippen LogP contribution in [0, 0.1) is 5.92 Å². The first-order chi connectivity index (χ1) is 10.1. The Morgan fingerprint density at radius 2 is 1.67 bits per heavy atom. The summed E-state index contributed by atoms with van der Waals surface area (Å²) in [6.45, 7) is 4.02. The lowest BCUT2D eigenvalue weighted by Crippen LogP contribution is -2.21. The fourth-order valence-electron chi connectivity index (χ4n) is 2.59. The molecule has 0 fully saturated rings. The number of nitrogens with zero attached hydrogens (tertiary/aromatic N) is 1. The van der Waals surface area contributed by atoms with Gasteiger partial charge < -0.3 is 9.64 Å².